The number of rotatable bonds is 2. The Bertz CT molecular complexity index is 341. The van der Waals surface area contributed by atoms with Gasteiger partial charge in [-0.3, -0.25) is 4.98 Å². The van der Waals surface area contributed by atoms with Crippen LogP contribution in [-0.4, -0.2) is 22.7 Å². The number of aliphatic hydroxyl groups excluding tert-OH is 1. The summed E-state index contributed by atoms with van der Waals surface area (Å²) in [5.74, 6) is 0.677. The van der Waals surface area contributed by atoms with Gasteiger partial charge in [-0.05, 0) is 53.4 Å². The van der Waals surface area contributed by atoms with Gasteiger partial charge in [-0.1, -0.05) is 6.92 Å². The molecule has 3 unspecified atom stereocenters. The number of nitrogens with zero attached hydrogens (tertiary/aromatic N) is 1. The highest BCUT2D eigenvalue weighted by Gasteiger charge is 2.26. The SMILES string of the molecule is CC1CCNC(C(O)c2ccc(Br)cn2)C1. The van der Waals surface area contributed by atoms with Crippen LogP contribution in [0.2, 0.25) is 0 Å². The molecule has 1 aromatic heterocycles. The second kappa shape index (κ2) is 5.25. The number of halogens is 1. The van der Waals surface area contributed by atoms with Gasteiger partial charge in [0.05, 0.1) is 5.69 Å². The topological polar surface area (TPSA) is 45.1 Å². The lowest BCUT2D eigenvalue weighted by Gasteiger charge is -2.31. The summed E-state index contributed by atoms with van der Waals surface area (Å²) < 4.78 is 0.938. The molecule has 0 spiro atoms. The first-order chi connectivity index (χ1) is 7.66. The normalized spacial score (nSPS) is 27.7. The average molecular weight is 285 g/mol. The average Bonchev–Trinajstić information content (AvgIpc) is 2.29. The van der Waals surface area contributed by atoms with E-state index in [4.69, 9.17) is 0 Å². The zero-order valence-corrected chi connectivity index (χ0v) is 10.9. The van der Waals surface area contributed by atoms with Crippen molar-refractivity contribution >= 4 is 15.9 Å². The Labute approximate surface area is 104 Å². The highest BCUT2D eigenvalue weighted by Crippen LogP contribution is 2.25. The van der Waals surface area contributed by atoms with Crippen LogP contribution in [0, 0.1) is 5.92 Å². The van der Waals surface area contributed by atoms with Crippen LogP contribution in [0.3, 0.4) is 0 Å². The van der Waals surface area contributed by atoms with E-state index in [9.17, 15) is 5.11 Å². The molecule has 0 amide bonds. The van der Waals surface area contributed by atoms with E-state index in [2.05, 4.69) is 33.2 Å². The van der Waals surface area contributed by atoms with Gasteiger partial charge < -0.3 is 10.4 Å². The van der Waals surface area contributed by atoms with E-state index < -0.39 is 6.10 Å². The van der Waals surface area contributed by atoms with E-state index in [-0.39, 0.29) is 6.04 Å². The van der Waals surface area contributed by atoms with Crippen molar-refractivity contribution in [1.29, 1.82) is 0 Å². The van der Waals surface area contributed by atoms with Gasteiger partial charge in [-0.25, -0.2) is 0 Å². The maximum atomic E-state index is 10.2. The third kappa shape index (κ3) is 2.81. The summed E-state index contributed by atoms with van der Waals surface area (Å²) in [5, 5.41) is 13.6. The van der Waals surface area contributed by atoms with Crippen LogP contribution in [0.25, 0.3) is 0 Å². The molecule has 0 radical (unpaired) electrons. The number of pyridine rings is 1. The van der Waals surface area contributed by atoms with E-state index >= 15 is 0 Å². The molecular weight excluding hydrogens is 268 g/mol. The standard InChI is InChI=1S/C12H17BrN2O/c1-8-4-5-14-11(6-8)12(16)10-3-2-9(13)7-15-10/h2-3,7-8,11-12,14,16H,4-6H2,1H3. The molecule has 2 heterocycles. The lowest BCUT2D eigenvalue weighted by molar-refractivity contribution is 0.0978. The van der Waals surface area contributed by atoms with Gasteiger partial charge in [0, 0.05) is 16.7 Å². The molecule has 1 saturated heterocycles. The minimum absolute atomic E-state index is 0.137. The highest BCUT2D eigenvalue weighted by atomic mass is 79.9. The summed E-state index contributed by atoms with van der Waals surface area (Å²) >= 11 is 3.34. The Hall–Kier alpha value is -0.450. The fourth-order valence-corrected chi connectivity index (χ4v) is 2.39. The molecule has 88 valence electrons. The zero-order chi connectivity index (χ0) is 11.5. The van der Waals surface area contributed by atoms with Crippen molar-refractivity contribution in [3.8, 4) is 0 Å². The van der Waals surface area contributed by atoms with Crippen LogP contribution in [0.1, 0.15) is 31.6 Å². The molecule has 2 N–H and O–H groups in total. The van der Waals surface area contributed by atoms with Crippen LogP contribution in [0.15, 0.2) is 22.8 Å². The molecule has 16 heavy (non-hydrogen) atoms. The number of hydrogen-bond donors (Lipinski definition) is 2. The van der Waals surface area contributed by atoms with Gasteiger partial charge in [0.15, 0.2) is 0 Å². The smallest absolute Gasteiger partial charge is 0.111 e. The van der Waals surface area contributed by atoms with E-state index in [0.29, 0.717) is 5.92 Å². The number of aliphatic hydroxyl groups is 1. The minimum Gasteiger partial charge on any atom is -0.385 e. The van der Waals surface area contributed by atoms with Crippen molar-refractivity contribution in [2.45, 2.75) is 31.9 Å². The summed E-state index contributed by atoms with van der Waals surface area (Å²) in [5.41, 5.74) is 0.745. The summed E-state index contributed by atoms with van der Waals surface area (Å²) in [6.07, 6.45) is 3.43. The molecule has 3 atom stereocenters. The van der Waals surface area contributed by atoms with Crippen LogP contribution >= 0.6 is 15.9 Å². The number of aromatic nitrogens is 1. The molecule has 0 saturated carbocycles. The largest absolute Gasteiger partial charge is 0.385 e. The van der Waals surface area contributed by atoms with Gasteiger partial charge in [0.1, 0.15) is 6.10 Å². The van der Waals surface area contributed by atoms with Crippen LogP contribution < -0.4 is 5.32 Å². The Morgan fingerprint density at radius 1 is 1.56 bits per heavy atom. The predicted octanol–water partition coefficient (Wildman–Crippen LogP) is 2.27. The second-order valence-corrected chi connectivity index (χ2v) is 5.45. The van der Waals surface area contributed by atoms with Crippen molar-refractivity contribution in [3.63, 3.8) is 0 Å². The Balaban J connectivity index is 2.06. The van der Waals surface area contributed by atoms with Crippen molar-refractivity contribution in [2.75, 3.05) is 6.54 Å². The third-order valence-corrected chi connectivity index (χ3v) is 3.60. The first-order valence-electron chi connectivity index (χ1n) is 5.69. The van der Waals surface area contributed by atoms with E-state index in [1.54, 1.807) is 6.20 Å². The lowest BCUT2D eigenvalue weighted by Crippen LogP contribution is -2.41. The quantitative estimate of drug-likeness (QED) is 0.876. The van der Waals surface area contributed by atoms with Crippen molar-refractivity contribution < 1.29 is 5.11 Å². The van der Waals surface area contributed by atoms with E-state index in [1.165, 1.54) is 6.42 Å². The fourth-order valence-electron chi connectivity index (χ4n) is 2.16. The van der Waals surface area contributed by atoms with Crippen molar-refractivity contribution in [2.24, 2.45) is 5.92 Å². The maximum Gasteiger partial charge on any atom is 0.111 e. The first kappa shape index (κ1) is 12.0. The fraction of sp³-hybridized carbons (Fsp3) is 0.583. The molecule has 0 aliphatic carbocycles. The number of hydrogen-bond acceptors (Lipinski definition) is 3. The van der Waals surface area contributed by atoms with Gasteiger partial charge in [-0.2, -0.15) is 0 Å². The molecule has 2 rings (SSSR count). The summed E-state index contributed by atoms with van der Waals surface area (Å²) in [6, 6.07) is 3.92. The van der Waals surface area contributed by atoms with Crippen LogP contribution in [-0.2, 0) is 0 Å². The summed E-state index contributed by atoms with van der Waals surface area (Å²) in [7, 11) is 0. The van der Waals surface area contributed by atoms with Crippen molar-refractivity contribution in [3.05, 3.63) is 28.5 Å². The van der Waals surface area contributed by atoms with E-state index in [1.807, 2.05) is 12.1 Å². The second-order valence-electron chi connectivity index (χ2n) is 4.54. The zero-order valence-electron chi connectivity index (χ0n) is 9.36. The molecule has 3 nitrogen and oxygen atoms in total. The maximum absolute atomic E-state index is 10.2. The number of piperidine rings is 1. The summed E-state index contributed by atoms with van der Waals surface area (Å²) in [6.45, 7) is 3.22. The highest BCUT2D eigenvalue weighted by molar-refractivity contribution is 9.10. The predicted molar refractivity (Wildman–Crippen MR) is 67.1 cm³/mol. The van der Waals surface area contributed by atoms with Gasteiger partial charge in [-0.15, -0.1) is 0 Å². The molecule has 1 aliphatic heterocycles. The van der Waals surface area contributed by atoms with Crippen molar-refractivity contribution in [1.82, 2.24) is 10.3 Å². The number of nitrogens with one attached hydrogen (secondary N) is 1. The monoisotopic (exact) mass is 284 g/mol. The first-order valence-corrected chi connectivity index (χ1v) is 6.49. The molecule has 1 aliphatic rings. The van der Waals surface area contributed by atoms with Crippen LogP contribution in [0.4, 0.5) is 0 Å². The van der Waals surface area contributed by atoms with Crippen LogP contribution in [0.5, 0.6) is 0 Å². The van der Waals surface area contributed by atoms with Gasteiger partial charge in [0.25, 0.3) is 0 Å². The lowest BCUT2D eigenvalue weighted by atomic mass is 9.90. The van der Waals surface area contributed by atoms with Gasteiger partial charge in [0.2, 0.25) is 0 Å². The molecule has 0 aromatic carbocycles. The Kier molecular flexibility index (Phi) is 3.95. The van der Waals surface area contributed by atoms with E-state index in [0.717, 1.165) is 23.1 Å². The third-order valence-electron chi connectivity index (χ3n) is 3.13. The Morgan fingerprint density at radius 2 is 2.38 bits per heavy atom. The summed E-state index contributed by atoms with van der Waals surface area (Å²) in [4.78, 5) is 4.24. The molecule has 0 bridgehead atoms. The molecular formula is C12H17BrN2O. The molecule has 1 aromatic rings. The minimum atomic E-state index is -0.504. The van der Waals surface area contributed by atoms with Gasteiger partial charge >= 0.3 is 0 Å². The molecule has 1 fully saturated rings. The Morgan fingerprint density at radius 3 is 3.00 bits per heavy atom. The molecule has 4 heteroatoms.